The predicted octanol–water partition coefficient (Wildman–Crippen LogP) is 3.20. The second-order valence-electron chi connectivity index (χ2n) is 7.12. The number of hydrogen-bond donors (Lipinski definition) is 1. The minimum Gasteiger partial charge on any atom is -0.379 e. The van der Waals surface area contributed by atoms with Gasteiger partial charge in [-0.05, 0) is 36.4 Å². The molecule has 0 bridgehead atoms. The molecule has 1 N–H and O–H groups in total. The van der Waals surface area contributed by atoms with E-state index in [-0.39, 0.29) is 17.5 Å². The van der Waals surface area contributed by atoms with Gasteiger partial charge in [0.25, 0.3) is 0 Å². The molecule has 4 rings (SSSR count). The number of morpholine rings is 1. The molecule has 1 amide bonds. The van der Waals surface area contributed by atoms with Crippen molar-refractivity contribution in [3.63, 3.8) is 0 Å². The first-order chi connectivity index (χ1) is 15.6. The van der Waals surface area contributed by atoms with Gasteiger partial charge in [-0.3, -0.25) is 9.69 Å². The number of carbonyl (C=O) groups excluding carboxylic acids is 1. The highest BCUT2D eigenvalue weighted by Gasteiger charge is 2.18. The largest absolute Gasteiger partial charge is 0.379 e. The third kappa shape index (κ3) is 6.04. The first kappa shape index (κ1) is 22.7. The van der Waals surface area contributed by atoms with Crippen LogP contribution in [0.4, 0.5) is 10.2 Å². The van der Waals surface area contributed by atoms with Crippen molar-refractivity contribution < 1.29 is 13.9 Å². The number of pyridine rings is 1. The molecule has 0 atom stereocenters. The maximum atomic E-state index is 13.4. The number of ether oxygens (including phenoxy) is 1. The van der Waals surface area contributed by atoms with Gasteiger partial charge < -0.3 is 14.6 Å². The molecule has 32 heavy (non-hydrogen) atoms. The molecular weight excluding hydrogens is 455 g/mol. The molecule has 8 nitrogen and oxygen atoms in total. The minimum absolute atomic E-state index is 0.142. The Labute approximate surface area is 194 Å². The van der Waals surface area contributed by atoms with E-state index in [2.05, 4.69) is 25.4 Å². The van der Waals surface area contributed by atoms with Gasteiger partial charge in [0, 0.05) is 37.9 Å². The lowest BCUT2D eigenvalue weighted by molar-refractivity contribution is -0.113. The summed E-state index contributed by atoms with van der Waals surface area (Å²) in [6.45, 7) is 4.60. The monoisotopic (exact) mass is 476 g/mol. The normalized spacial score (nSPS) is 14.4. The van der Waals surface area contributed by atoms with Gasteiger partial charge in [0.05, 0.1) is 24.0 Å². The fourth-order valence-electron chi connectivity index (χ4n) is 3.23. The lowest BCUT2D eigenvalue weighted by Gasteiger charge is -2.27. The third-order valence-electron chi connectivity index (χ3n) is 4.89. The summed E-state index contributed by atoms with van der Waals surface area (Å²) in [5.74, 6) is 0.691. The van der Waals surface area contributed by atoms with Crippen LogP contribution in [0.15, 0.2) is 47.8 Å². The van der Waals surface area contributed by atoms with E-state index in [1.165, 1.54) is 30.1 Å². The van der Waals surface area contributed by atoms with Gasteiger partial charge in [-0.2, -0.15) is 0 Å². The predicted molar refractivity (Wildman–Crippen MR) is 121 cm³/mol. The first-order valence-electron chi connectivity index (χ1n) is 10.1. The van der Waals surface area contributed by atoms with Crippen LogP contribution in [0.5, 0.6) is 0 Å². The Hall–Kier alpha value is -2.53. The number of anilines is 1. The van der Waals surface area contributed by atoms with E-state index < -0.39 is 0 Å². The summed E-state index contributed by atoms with van der Waals surface area (Å²) in [7, 11) is 0. The van der Waals surface area contributed by atoms with Crippen molar-refractivity contribution >= 4 is 35.1 Å². The number of aromatic nitrogens is 4. The van der Waals surface area contributed by atoms with E-state index in [1.54, 1.807) is 24.3 Å². The highest BCUT2D eigenvalue weighted by atomic mass is 35.5. The maximum Gasteiger partial charge on any atom is 0.236 e. The molecule has 0 spiro atoms. The van der Waals surface area contributed by atoms with Crippen molar-refractivity contribution in [2.24, 2.45) is 0 Å². The Morgan fingerprint density at radius 2 is 1.91 bits per heavy atom. The number of nitrogens with zero attached hydrogens (tertiary/aromatic N) is 5. The van der Waals surface area contributed by atoms with Gasteiger partial charge in [0.2, 0.25) is 5.91 Å². The van der Waals surface area contributed by atoms with E-state index >= 15 is 0 Å². The Morgan fingerprint density at radius 1 is 1.12 bits per heavy atom. The van der Waals surface area contributed by atoms with Crippen LogP contribution in [0.1, 0.15) is 0 Å². The number of nitrogens with one attached hydrogen (secondary N) is 1. The third-order valence-corrected chi connectivity index (χ3v) is 6.08. The smallest absolute Gasteiger partial charge is 0.236 e. The van der Waals surface area contributed by atoms with Gasteiger partial charge in [-0.1, -0.05) is 23.4 Å². The molecule has 1 fully saturated rings. The summed E-state index contributed by atoms with van der Waals surface area (Å²) in [6, 6.07) is 9.46. The van der Waals surface area contributed by atoms with Crippen molar-refractivity contribution in [2.45, 2.75) is 11.7 Å². The van der Waals surface area contributed by atoms with Crippen molar-refractivity contribution in [2.75, 3.05) is 43.9 Å². The number of halogens is 2. The van der Waals surface area contributed by atoms with E-state index in [4.69, 9.17) is 16.3 Å². The average Bonchev–Trinajstić information content (AvgIpc) is 3.22. The van der Waals surface area contributed by atoms with Crippen LogP contribution in [0.2, 0.25) is 5.02 Å². The van der Waals surface area contributed by atoms with Crippen molar-refractivity contribution in [1.29, 1.82) is 0 Å². The molecule has 168 valence electrons. The molecular formula is C21H22ClFN6O2S. The Balaban J connectivity index is 1.46. The van der Waals surface area contributed by atoms with Gasteiger partial charge in [0.15, 0.2) is 11.0 Å². The van der Waals surface area contributed by atoms with Crippen LogP contribution in [-0.4, -0.2) is 69.2 Å². The minimum atomic E-state index is -0.310. The van der Waals surface area contributed by atoms with Gasteiger partial charge in [-0.15, -0.1) is 10.2 Å². The van der Waals surface area contributed by atoms with Gasteiger partial charge >= 0.3 is 0 Å². The molecule has 0 unspecified atom stereocenters. The number of hydrogen-bond acceptors (Lipinski definition) is 7. The molecule has 1 aliphatic rings. The number of rotatable bonds is 8. The summed E-state index contributed by atoms with van der Waals surface area (Å²) < 4.78 is 20.8. The quantitative estimate of drug-likeness (QED) is 0.500. The molecule has 2 aromatic heterocycles. The van der Waals surface area contributed by atoms with Crippen LogP contribution in [0, 0.1) is 5.82 Å². The van der Waals surface area contributed by atoms with E-state index in [1.807, 2.05) is 4.57 Å². The highest BCUT2D eigenvalue weighted by Crippen LogP contribution is 2.24. The Bertz CT molecular complexity index is 1040. The summed E-state index contributed by atoms with van der Waals surface area (Å²) >= 11 is 7.11. The zero-order valence-electron chi connectivity index (χ0n) is 17.2. The summed E-state index contributed by atoms with van der Waals surface area (Å²) in [6.07, 6.45) is 1.47. The number of amides is 1. The summed E-state index contributed by atoms with van der Waals surface area (Å²) in [5.41, 5.74) is 0.766. The zero-order valence-corrected chi connectivity index (χ0v) is 18.8. The molecule has 0 radical (unpaired) electrons. The fourth-order valence-corrected chi connectivity index (χ4v) is 4.11. The second kappa shape index (κ2) is 10.9. The molecule has 0 aliphatic carbocycles. The van der Waals surface area contributed by atoms with E-state index in [9.17, 15) is 9.18 Å². The number of carbonyl (C=O) groups is 1. The SMILES string of the molecule is O=C(CSc1nnc(-c2ccc(F)cc2)n1CCN1CCOCC1)Nc1ccc(Cl)cn1. The molecule has 3 heterocycles. The first-order valence-corrected chi connectivity index (χ1v) is 11.5. The Kier molecular flexibility index (Phi) is 7.69. The summed E-state index contributed by atoms with van der Waals surface area (Å²) in [4.78, 5) is 18.8. The molecule has 1 saturated heterocycles. The molecule has 11 heteroatoms. The van der Waals surface area contributed by atoms with Crippen molar-refractivity contribution in [1.82, 2.24) is 24.6 Å². The second-order valence-corrected chi connectivity index (χ2v) is 8.50. The average molecular weight is 477 g/mol. The molecule has 0 saturated carbocycles. The van der Waals surface area contributed by atoms with Crippen molar-refractivity contribution in [3.8, 4) is 11.4 Å². The topological polar surface area (TPSA) is 85.2 Å². The lowest BCUT2D eigenvalue weighted by atomic mass is 10.2. The van der Waals surface area contributed by atoms with E-state index in [0.717, 1.165) is 25.2 Å². The number of thioether (sulfide) groups is 1. The van der Waals surface area contributed by atoms with Crippen molar-refractivity contribution in [3.05, 3.63) is 53.4 Å². The van der Waals surface area contributed by atoms with Crippen LogP contribution in [0.3, 0.4) is 0 Å². The van der Waals surface area contributed by atoms with E-state index in [0.29, 0.717) is 41.6 Å². The molecule has 3 aromatic rings. The maximum absolute atomic E-state index is 13.4. The Morgan fingerprint density at radius 3 is 2.62 bits per heavy atom. The standard InChI is InChI=1S/C21H22ClFN6O2S/c22-16-3-6-18(24-13-16)25-19(30)14-32-21-27-26-20(15-1-4-17(23)5-2-15)29(21)8-7-28-9-11-31-12-10-28/h1-6,13H,7-12,14H2,(H,24,25,30). The number of benzene rings is 1. The zero-order chi connectivity index (χ0) is 22.3. The molecule has 1 aromatic carbocycles. The van der Waals surface area contributed by atoms with Crippen LogP contribution in [0.25, 0.3) is 11.4 Å². The summed E-state index contributed by atoms with van der Waals surface area (Å²) in [5, 5.41) is 12.5. The van der Waals surface area contributed by atoms with Crippen LogP contribution in [-0.2, 0) is 16.1 Å². The van der Waals surface area contributed by atoms with Crippen LogP contribution < -0.4 is 5.32 Å². The van der Waals surface area contributed by atoms with Crippen LogP contribution >= 0.6 is 23.4 Å². The molecule has 1 aliphatic heterocycles. The fraction of sp³-hybridized carbons (Fsp3) is 0.333. The van der Waals surface area contributed by atoms with Gasteiger partial charge in [0.1, 0.15) is 11.6 Å². The lowest BCUT2D eigenvalue weighted by Crippen LogP contribution is -2.38. The highest BCUT2D eigenvalue weighted by molar-refractivity contribution is 7.99. The van der Waals surface area contributed by atoms with Gasteiger partial charge in [-0.25, -0.2) is 9.37 Å².